The molecule has 6 rings (SSSR count). The second kappa shape index (κ2) is 22.4. The molecule has 5 aromatic rings. The topological polar surface area (TPSA) is 141 Å². The summed E-state index contributed by atoms with van der Waals surface area (Å²) in [5.41, 5.74) is 14.9. The van der Waals surface area contributed by atoms with E-state index < -0.39 is 24.1 Å². The molecule has 0 spiro atoms. The number of amides is 2. The second-order valence-electron chi connectivity index (χ2n) is 20.4. The molecule has 1 saturated heterocycles. The number of fused-ring (bicyclic) bond motifs is 1. The molecule has 3 atom stereocenters. The van der Waals surface area contributed by atoms with Gasteiger partial charge in [0.1, 0.15) is 18.0 Å². The van der Waals surface area contributed by atoms with E-state index in [9.17, 15) is 14.7 Å². The van der Waals surface area contributed by atoms with Crippen LogP contribution in [0, 0.1) is 23.7 Å². The number of aliphatic hydroxyl groups excluding tert-OH is 1. The lowest BCUT2D eigenvalue weighted by Crippen LogP contribution is -2.54. The molecule has 3 unspecified atom stereocenters. The minimum Gasteiger partial charge on any atom is -0.382 e. The Labute approximate surface area is 388 Å². The van der Waals surface area contributed by atoms with E-state index in [0.29, 0.717) is 19.4 Å². The van der Waals surface area contributed by atoms with Crippen LogP contribution in [0.4, 0.5) is 5.82 Å². The van der Waals surface area contributed by atoms with Crippen molar-refractivity contribution in [2.75, 3.05) is 44.2 Å². The van der Waals surface area contributed by atoms with Gasteiger partial charge in [-0.2, -0.15) is 9.61 Å². The SMILES string of the molecule is CCN1CCN(c2cc(-c3cccc(CCC(C)(C)CCC(C)(C)CCCNC(=O)C(CC(C)C)NC(=O)C(O)C(N)Cc4ccccc4)c3)nc3c(-c4ccccc4)c(C)nn23)CC1. The Morgan fingerprint density at radius 2 is 1.43 bits per heavy atom. The molecule has 3 aromatic carbocycles. The van der Waals surface area contributed by atoms with Gasteiger partial charge >= 0.3 is 0 Å². The number of nitrogens with zero attached hydrogens (tertiary/aromatic N) is 5. The molecule has 2 aromatic heterocycles. The monoisotopic (exact) mass is 885 g/mol. The highest BCUT2D eigenvalue weighted by atomic mass is 16.3. The van der Waals surface area contributed by atoms with Crippen LogP contribution in [-0.4, -0.2) is 93.9 Å². The van der Waals surface area contributed by atoms with Crippen LogP contribution >= 0.6 is 0 Å². The van der Waals surface area contributed by atoms with Crippen molar-refractivity contribution in [3.63, 3.8) is 0 Å². The largest absolute Gasteiger partial charge is 0.382 e. The molecule has 5 N–H and O–H groups in total. The fourth-order valence-corrected chi connectivity index (χ4v) is 9.07. The van der Waals surface area contributed by atoms with Crippen LogP contribution in [0.1, 0.15) is 104 Å². The first-order valence-electron chi connectivity index (χ1n) is 24.1. The summed E-state index contributed by atoms with van der Waals surface area (Å²) in [6.07, 6.45) is 5.43. The second-order valence-corrected chi connectivity index (χ2v) is 20.4. The lowest BCUT2D eigenvalue weighted by atomic mass is 9.74. The Morgan fingerprint density at radius 1 is 0.800 bits per heavy atom. The third-order valence-electron chi connectivity index (χ3n) is 13.4. The number of benzene rings is 3. The molecule has 1 fully saturated rings. The average Bonchev–Trinajstić information content (AvgIpc) is 3.64. The number of nitrogens with one attached hydrogen (secondary N) is 2. The third kappa shape index (κ3) is 13.7. The number of aromatic nitrogens is 3. The molecular formula is C54H76N8O3. The van der Waals surface area contributed by atoms with Crippen LogP contribution in [0.25, 0.3) is 28.0 Å². The maximum atomic E-state index is 13.3. The standard InChI is InChI=1S/C54H76N8O3/c1-9-60-30-32-61(33-31-60)47-37-45(57-50-48(39(4)59-62(47)50)42-21-14-11-15-22-42)43-23-16-20-41(35-43)24-26-54(7,8)28-27-53(5,6)25-17-29-56-51(64)46(34-38(2)3)58-52(65)49(63)44(55)36-40-18-12-10-13-19-40/h10-16,18-23,35,37-38,44,46,49,63H,9,17,24-34,36,55H2,1-8H3,(H,56,64)(H,58,65). The lowest BCUT2D eigenvalue weighted by Gasteiger charge is -2.35. The Hall–Kier alpha value is -5.10. The highest BCUT2D eigenvalue weighted by Gasteiger charge is 2.30. The van der Waals surface area contributed by atoms with Crippen LogP contribution in [0.3, 0.4) is 0 Å². The van der Waals surface area contributed by atoms with E-state index in [1.165, 1.54) is 5.56 Å². The summed E-state index contributed by atoms with van der Waals surface area (Å²) < 4.78 is 2.07. The van der Waals surface area contributed by atoms with Gasteiger partial charge in [-0.1, -0.05) is 127 Å². The maximum absolute atomic E-state index is 13.3. The van der Waals surface area contributed by atoms with Gasteiger partial charge < -0.3 is 31.3 Å². The third-order valence-corrected chi connectivity index (χ3v) is 13.4. The number of aryl methyl sites for hydroxylation is 2. The van der Waals surface area contributed by atoms with Gasteiger partial charge in [-0.05, 0) is 104 Å². The van der Waals surface area contributed by atoms with Crippen molar-refractivity contribution in [1.82, 2.24) is 30.1 Å². The molecule has 0 bridgehead atoms. The van der Waals surface area contributed by atoms with E-state index in [0.717, 1.165) is 116 Å². The molecule has 350 valence electrons. The smallest absolute Gasteiger partial charge is 0.251 e. The van der Waals surface area contributed by atoms with Crippen LogP contribution in [0.2, 0.25) is 0 Å². The highest BCUT2D eigenvalue weighted by molar-refractivity contribution is 5.89. The highest BCUT2D eigenvalue weighted by Crippen LogP contribution is 2.38. The maximum Gasteiger partial charge on any atom is 0.251 e. The molecule has 65 heavy (non-hydrogen) atoms. The number of likely N-dealkylation sites (N-methyl/N-ethyl adjacent to an activating group) is 1. The summed E-state index contributed by atoms with van der Waals surface area (Å²) >= 11 is 0. The van der Waals surface area contributed by atoms with Crippen molar-refractivity contribution >= 4 is 23.3 Å². The molecular weight excluding hydrogens is 809 g/mol. The van der Waals surface area contributed by atoms with Gasteiger partial charge in [-0.3, -0.25) is 9.59 Å². The number of aliphatic hydroxyl groups is 1. The Morgan fingerprint density at radius 3 is 2.09 bits per heavy atom. The minimum atomic E-state index is -1.42. The van der Waals surface area contributed by atoms with Crippen LogP contribution in [0.5, 0.6) is 0 Å². The van der Waals surface area contributed by atoms with Crippen molar-refractivity contribution in [3.8, 4) is 22.4 Å². The Kier molecular flexibility index (Phi) is 17.0. The zero-order valence-electron chi connectivity index (χ0n) is 40.4. The quantitative estimate of drug-likeness (QED) is 0.0507. The average molecular weight is 885 g/mol. The summed E-state index contributed by atoms with van der Waals surface area (Å²) in [4.78, 5) is 36.7. The minimum absolute atomic E-state index is 0.0995. The fraction of sp³-hybridized carbons (Fsp3) is 0.519. The van der Waals surface area contributed by atoms with E-state index in [4.69, 9.17) is 15.8 Å². The molecule has 11 nitrogen and oxygen atoms in total. The van der Waals surface area contributed by atoms with Crippen molar-refractivity contribution < 1.29 is 14.7 Å². The Bertz CT molecular complexity index is 2300. The summed E-state index contributed by atoms with van der Waals surface area (Å²) in [6.45, 7) is 23.3. The number of anilines is 1. The number of rotatable bonds is 22. The van der Waals surface area contributed by atoms with Crippen molar-refractivity contribution in [2.24, 2.45) is 22.5 Å². The first kappa shape index (κ1) is 49.3. The van der Waals surface area contributed by atoms with Gasteiger partial charge in [0.2, 0.25) is 5.91 Å². The van der Waals surface area contributed by atoms with E-state index >= 15 is 0 Å². The van der Waals surface area contributed by atoms with Crippen molar-refractivity contribution in [2.45, 2.75) is 125 Å². The molecule has 0 radical (unpaired) electrons. The summed E-state index contributed by atoms with van der Waals surface area (Å²) in [7, 11) is 0. The molecule has 0 saturated carbocycles. The van der Waals surface area contributed by atoms with Gasteiger partial charge in [-0.15, -0.1) is 0 Å². The van der Waals surface area contributed by atoms with Gasteiger partial charge in [0.15, 0.2) is 5.65 Å². The summed E-state index contributed by atoms with van der Waals surface area (Å²) in [5.74, 6) is 0.424. The van der Waals surface area contributed by atoms with Crippen molar-refractivity contribution in [3.05, 3.63) is 108 Å². The van der Waals surface area contributed by atoms with E-state index in [2.05, 4.69) is 127 Å². The molecule has 1 aliphatic rings. The molecule has 2 amide bonds. The van der Waals surface area contributed by atoms with E-state index in [-0.39, 0.29) is 22.7 Å². The summed E-state index contributed by atoms with van der Waals surface area (Å²) in [6, 6.07) is 29.7. The summed E-state index contributed by atoms with van der Waals surface area (Å²) in [5, 5.41) is 21.6. The molecule has 1 aliphatic heterocycles. The van der Waals surface area contributed by atoms with Gasteiger partial charge in [-0.25, -0.2) is 4.98 Å². The van der Waals surface area contributed by atoms with E-state index in [1.807, 2.05) is 44.2 Å². The zero-order valence-corrected chi connectivity index (χ0v) is 40.4. The van der Waals surface area contributed by atoms with Crippen LogP contribution < -0.4 is 21.3 Å². The number of carbonyl (C=O) groups excluding carboxylic acids is 2. The molecule has 11 heteroatoms. The van der Waals surface area contributed by atoms with Crippen LogP contribution in [0.15, 0.2) is 91.0 Å². The van der Waals surface area contributed by atoms with Gasteiger partial charge in [0, 0.05) is 56.0 Å². The fourth-order valence-electron chi connectivity index (χ4n) is 9.07. The molecule has 0 aliphatic carbocycles. The zero-order chi connectivity index (χ0) is 46.7. The van der Waals surface area contributed by atoms with Gasteiger partial charge in [0.05, 0.1) is 11.4 Å². The first-order chi connectivity index (χ1) is 31.0. The molecule has 3 heterocycles. The van der Waals surface area contributed by atoms with Crippen LogP contribution in [-0.2, 0) is 22.4 Å². The van der Waals surface area contributed by atoms with Gasteiger partial charge in [0.25, 0.3) is 5.91 Å². The van der Waals surface area contributed by atoms with E-state index in [1.54, 1.807) is 0 Å². The van der Waals surface area contributed by atoms with Crippen molar-refractivity contribution in [1.29, 1.82) is 0 Å². The Balaban J connectivity index is 1.02. The lowest BCUT2D eigenvalue weighted by molar-refractivity contribution is -0.135. The number of hydrogen-bond acceptors (Lipinski definition) is 8. The normalized spacial score (nSPS) is 15.3. The number of piperazine rings is 1. The predicted molar refractivity (Wildman–Crippen MR) is 266 cm³/mol. The number of hydrogen-bond donors (Lipinski definition) is 4. The number of carbonyl (C=O) groups is 2. The first-order valence-corrected chi connectivity index (χ1v) is 24.1. The number of nitrogens with two attached hydrogens (primary N) is 1. The predicted octanol–water partition coefficient (Wildman–Crippen LogP) is 8.64.